The van der Waals surface area contributed by atoms with Crippen molar-refractivity contribution < 1.29 is 19.1 Å². The molecule has 1 unspecified atom stereocenters. The summed E-state index contributed by atoms with van der Waals surface area (Å²) in [4.78, 5) is 47.7. The first-order chi connectivity index (χ1) is 17.0. The number of hydrogen-bond acceptors (Lipinski definition) is 5. The minimum Gasteiger partial charge on any atom is -0.492 e. The lowest BCUT2D eigenvalue weighted by Gasteiger charge is -2.33. The smallest absolute Gasteiger partial charge is 0.240 e. The van der Waals surface area contributed by atoms with Crippen LogP contribution in [0.25, 0.3) is 0 Å². The molecule has 0 bridgehead atoms. The molecule has 2 aliphatic carbocycles. The number of carbonyl (C=O) groups excluding carboxylic acids is 3. The van der Waals surface area contributed by atoms with Gasteiger partial charge in [0, 0.05) is 38.7 Å². The van der Waals surface area contributed by atoms with Gasteiger partial charge in [-0.1, -0.05) is 30.3 Å². The fourth-order valence-corrected chi connectivity index (χ4v) is 5.54. The molecule has 0 N–H and O–H groups in total. The third kappa shape index (κ3) is 4.95. The van der Waals surface area contributed by atoms with E-state index in [2.05, 4.69) is 4.98 Å². The molecule has 2 heterocycles. The summed E-state index contributed by atoms with van der Waals surface area (Å²) >= 11 is 0. The van der Waals surface area contributed by atoms with Crippen LogP contribution in [0.2, 0.25) is 0 Å². The first-order valence-electron chi connectivity index (χ1n) is 12.7. The first kappa shape index (κ1) is 23.5. The minimum absolute atomic E-state index is 0.0242. The van der Waals surface area contributed by atoms with E-state index < -0.39 is 5.41 Å². The Morgan fingerprint density at radius 2 is 1.83 bits per heavy atom. The van der Waals surface area contributed by atoms with Crippen LogP contribution in [0.5, 0.6) is 5.75 Å². The van der Waals surface area contributed by atoms with E-state index in [0.717, 1.165) is 5.56 Å². The van der Waals surface area contributed by atoms with Crippen LogP contribution in [-0.4, -0.2) is 58.7 Å². The average Bonchev–Trinajstić information content (AvgIpc) is 3.80. The molecule has 0 spiro atoms. The van der Waals surface area contributed by atoms with Gasteiger partial charge in [0.25, 0.3) is 0 Å². The zero-order valence-corrected chi connectivity index (χ0v) is 20.3. The highest BCUT2D eigenvalue weighted by Crippen LogP contribution is 2.48. The van der Waals surface area contributed by atoms with E-state index in [1.54, 1.807) is 18.5 Å². The van der Waals surface area contributed by atoms with E-state index in [0.29, 0.717) is 30.6 Å². The Balaban J connectivity index is 1.30. The average molecular weight is 476 g/mol. The topological polar surface area (TPSA) is 79.8 Å². The number of nitrogens with zero attached hydrogens (tertiary/aromatic N) is 3. The Labute approximate surface area is 206 Å². The Bertz CT molecular complexity index is 1060. The molecule has 5 rings (SSSR count). The fraction of sp³-hybridized carbons (Fsp3) is 0.500. The summed E-state index contributed by atoms with van der Waals surface area (Å²) in [6, 6.07) is 13.2. The first-order valence-corrected chi connectivity index (χ1v) is 12.7. The summed E-state index contributed by atoms with van der Waals surface area (Å²) < 4.78 is 5.68. The number of hydrogen-bond donors (Lipinski definition) is 0. The van der Waals surface area contributed by atoms with Crippen LogP contribution < -0.4 is 4.74 Å². The molecule has 1 saturated heterocycles. The summed E-state index contributed by atoms with van der Waals surface area (Å²) in [5, 5.41) is 0. The maximum absolute atomic E-state index is 13.8. The van der Waals surface area contributed by atoms with Crippen molar-refractivity contribution in [2.45, 2.75) is 56.4 Å². The molecule has 1 aliphatic heterocycles. The third-order valence-electron chi connectivity index (χ3n) is 7.67. The highest BCUT2D eigenvalue weighted by molar-refractivity contribution is 6.10. The van der Waals surface area contributed by atoms with Gasteiger partial charge in [0.1, 0.15) is 5.75 Å². The van der Waals surface area contributed by atoms with Gasteiger partial charge in [0.2, 0.25) is 17.7 Å². The third-order valence-corrected chi connectivity index (χ3v) is 7.67. The molecule has 0 radical (unpaired) electrons. The molecule has 184 valence electrons. The molecule has 1 atom stereocenters. The second-order valence-electron chi connectivity index (χ2n) is 10.2. The van der Waals surface area contributed by atoms with E-state index >= 15 is 0 Å². The van der Waals surface area contributed by atoms with Gasteiger partial charge < -0.3 is 9.64 Å². The molecule has 35 heavy (non-hydrogen) atoms. The molecule has 3 amide bonds. The minimum atomic E-state index is -1.15. The lowest BCUT2D eigenvalue weighted by molar-refractivity contribution is -0.143. The van der Waals surface area contributed by atoms with Gasteiger partial charge in [0.15, 0.2) is 0 Å². The normalized spacial score (nSPS) is 22.1. The Kier molecular flexibility index (Phi) is 6.58. The monoisotopic (exact) mass is 475 g/mol. The van der Waals surface area contributed by atoms with E-state index in [-0.39, 0.29) is 43.1 Å². The van der Waals surface area contributed by atoms with Crippen LogP contribution in [-0.2, 0) is 19.8 Å². The second-order valence-corrected chi connectivity index (χ2v) is 10.2. The van der Waals surface area contributed by atoms with Crippen LogP contribution in [0.3, 0.4) is 0 Å². The zero-order chi connectivity index (χ0) is 24.4. The van der Waals surface area contributed by atoms with Crippen LogP contribution in [0.15, 0.2) is 54.9 Å². The van der Waals surface area contributed by atoms with Crippen molar-refractivity contribution in [2.24, 2.45) is 11.8 Å². The largest absolute Gasteiger partial charge is 0.492 e. The molecular weight excluding hydrogens is 442 g/mol. The van der Waals surface area contributed by atoms with Gasteiger partial charge in [-0.25, -0.2) is 0 Å². The van der Waals surface area contributed by atoms with Crippen molar-refractivity contribution in [2.75, 3.05) is 20.2 Å². The highest BCUT2D eigenvalue weighted by Gasteiger charge is 2.54. The fourth-order valence-electron chi connectivity index (χ4n) is 5.54. The summed E-state index contributed by atoms with van der Waals surface area (Å²) in [6.07, 6.45) is 8.57. The van der Waals surface area contributed by atoms with Gasteiger partial charge in [-0.15, -0.1) is 0 Å². The molecule has 7 heteroatoms. The maximum atomic E-state index is 13.8. The van der Waals surface area contributed by atoms with Crippen LogP contribution in [0.4, 0.5) is 0 Å². The summed E-state index contributed by atoms with van der Waals surface area (Å²) in [6.45, 7) is 0.635. The number of amides is 3. The van der Waals surface area contributed by atoms with Crippen molar-refractivity contribution in [3.63, 3.8) is 0 Å². The van der Waals surface area contributed by atoms with Crippen LogP contribution in [0.1, 0.15) is 50.5 Å². The van der Waals surface area contributed by atoms with Crippen LogP contribution >= 0.6 is 0 Å². The number of aromatic nitrogens is 1. The van der Waals surface area contributed by atoms with Gasteiger partial charge in [0.05, 0.1) is 18.2 Å². The standard InChI is InChI=1S/C28H33N3O4/c1-30(26(20-10-11-20)21-12-13-21)24(32)17-28(22-7-3-2-4-8-22)18-25(33)31(27(28)34)15-6-16-35-23-9-5-14-29-19-23/h2-5,7-9,14,19-21,26H,6,10-13,15-18H2,1H3. The highest BCUT2D eigenvalue weighted by atomic mass is 16.5. The van der Waals surface area contributed by atoms with Crippen molar-refractivity contribution >= 4 is 17.7 Å². The number of carbonyl (C=O) groups is 3. The SMILES string of the molecule is CN(C(=O)CC1(c2ccccc2)CC(=O)N(CCCOc2cccnc2)C1=O)C(C1CC1)C1CC1. The van der Waals surface area contributed by atoms with Crippen molar-refractivity contribution in [1.82, 2.24) is 14.8 Å². The number of pyridine rings is 1. The molecule has 3 fully saturated rings. The quantitative estimate of drug-likeness (QED) is 0.367. The van der Waals surface area contributed by atoms with Crippen molar-refractivity contribution in [1.29, 1.82) is 0 Å². The predicted octanol–water partition coefficient (Wildman–Crippen LogP) is 3.58. The number of likely N-dealkylation sites (tertiary alicyclic amines) is 1. The Morgan fingerprint density at radius 1 is 1.11 bits per heavy atom. The van der Waals surface area contributed by atoms with Gasteiger partial charge in [-0.3, -0.25) is 24.3 Å². The van der Waals surface area contributed by atoms with Gasteiger partial charge >= 0.3 is 0 Å². The molecular formula is C28H33N3O4. The van der Waals surface area contributed by atoms with Crippen molar-refractivity contribution in [3.8, 4) is 5.75 Å². The Hall–Kier alpha value is -3.22. The number of imide groups is 1. The molecule has 1 aromatic carbocycles. The second kappa shape index (κ2) is 9.80. The number of ether oxygens (including phenoxy) is 1. The van der Waals surface area contributed by atoms with Gasteiger partial charge in [-0.2, -0.15) is 0 Å². The van der Waals surface area contributed by atoms with Crippen molar-refractivity contribution in [3.05, 3.63) is 60.4 Å². The molecule has 3 aliphatic rings. The summed E-state index contributed by atoms with van der Waals surface area (Å²) in [5.41, 5.74) is -0.408. The predicted molar refractivity (Wildman–Crippen MR) is 130 cm³/mol. The lowest BCUT2D eigenvalue weighted by Crippen LogP contribution is -2.46. The molecule has 2 aromatic rings. The lowest BCUT2D eigenvalue weighted by atomic mass is 9.75. The van der Waals surface area contributed by atoms with Crippen LogP contribution in [0, 0.1) is 11.8 Å². The van der Waals surface area contributed by atoms with E-state index in [1.165, 1.54) is 30.6 Å². The molecule has 7 nitrogen and oxygen atoms in total. The van der Waals surface area contributed by atoms with E-state index in [1.807, 2.05) is 48.3 Å². The van der Waals surface area contributed by atoms with Gasteiger partial charge in [-0.05, 0) is 61.6 Å². The number of rotatable bonds is 11. The zero-order valence-electron chi connectivity index (χ0n) is 20.3. The van der Waals surface area contributed by atoms with E-state index in [9.17, 15) is 14.4 Å². The summed E-state index contributed by atoms with van der Waals surface area (Å²) in [5.74, 6) is 1.28. The Morgan fingerprint density at radius 3 is 2.46 bits per heavy atom. The summed E-state index contributed by atoms with van der Waals surface area (Å²) in [7, 11) is 1.89. The molecule has 2 saturated carbocycles. The number of benzene rings is 1. The molecule has 1 aromatic heterocycles. The maximum Gasteiger partial charge on any atom is 0.240 e. The van der Waals surface area contributed by atoms with E-state index in [4.69, 9.17) is 4.74 Å².